The van der Waals surface area contributed by atoms with Gasteiger partial charge in [-0.1, -0.05) is 18.0 Å². The molecule has 110 valence electrons. The first-order valence-corrected chi connectivity index (χ1v) is 8.18. The predicted molar refractivity (Wildman–Crippen MR) is 89.2 cm³/mol. The van der Waals surface area contributed by atoms with Crippen LogP contribution in [-0.2, 0) is 12.8 Å². The summed E-state index contributed by atoms with van der Waals surface area (Å²) in [6, 6.07) is 5.61. The van der Waals surface area contributed by atoms with Crippen LogP contribution in [0.1, 0.15) is 30.5 Å². The van der Waals surface area contributed by atoms with E-state index >= 15 is 0 Å². The van der Waals surface area contributed by atoms with Gasteiger partial charge in [-0.3, -0.25) is 0 Å². The second kappa shape index (κ2) is 6.30. The van der Waals surface area contributed by atoms with Crippen LogP contribution < -0.4 is 11.3 Å². The summed E-state index contributed by atoms with van der Waals surface area (Å²) in [5.41, 5.74) is 5.91. The van der Waals surface area contributed by atoms with Gasteiger partial charge in [0.2, 0.25) is 0 Å². The van der Waals surface area contributed by atoms with Gasteiger partial charge in [-0.15, -0.1) is 0 Å². The fourth-order valence-corrected chi connectivity index (χ4v) is 3.54. The van der Waals surface area contributed by atoms with Gasteiger partial charge in [-0.25, -0.2) is 15.8 Å². The van der Waals surface area contributed by atoms with Crippen molar-refractivity contribution in [2.24, 2.45) is 5.84 Å². The van der Waals surface area contributed by atoms with Gasteiger partial charge in [0.1, 0.15) is 5.82 Å². The molecule has 0 bridgehead atoms. The third kappa shape index (κ3) is 3.05. The summed E-state index contributed by atoms with van der Waals surface area (Å²) in [7, 11) is 0. The van der Waals surface area contributed by atoms with Crippen molar-refractivity contribution in [1.29, 1.82) is 0 Å². The minimum Gasteiger partial charge on any atom is -0.308 e. The summed E-state index contributed by atoms with van der Waals surface area (Å²) in [5.74, 6) is 7.07. The zero-order valence-electron chi connectivity index (χ0n) is 11.5. The SMILES string of the molecule is NNc1nc(-c2ccc(Cl)cc2Br)nc2c1CCCCC2. The van der Waals surface area contributed by atoms with Crippen LogP contribution in [0.15, 0.2) is 22.7 Å². The van der Waals surface area contributed by atoms with Gasteiger partial charge in [0, 0.05) is 26.3 Å². The molecule has 2 aromatic rings. The highest BCUT2D eigenvalue weighted by Crippen LogP contribution is 2.32. The number of hydrogen-bond acceptors (Lipinski definition) is 4. The van der Waals surface area contributed by atoms with Crippen LogP contribution in [0.4, 0.5) is 5.82 Å². The lowest BCUT2D eigenvalue weighted by Crippen LogP contribution is -2.14. The number of nitrogens with one attached hydrogen (secondary N) is 1. The zero-order chi connectivity index (χ0) is 14.8. The molecule has 3 N–H and O–H groups in total. The summed E-state index contributed by atoms with van der Waals surface area (Å²) >= 11 is 9.52. The number of hydrogen-bond donors (Lipinski definition) is 2. The quantitative estimate of drug-likeness (QED) is 0.476. The Kier molecular flexibility index (Phi) is 4.42. The second-order valence-corrected chi connectivity index (χ2v) is 6.44. The Hall–Kier alpha value is -1.17. The van der Waals surface area contributed by atoms with E-state index in [0.717, 1.165) is 52.8 Å². The van der Waals surface area contributed by atoms with Crippen molar-refractivity contribution < 1.29 is 0 Å². The lowest BCUT2D eigenvalue weighted by molar-refractivity contribution is 0.709. The number of rotatable bonds is 2. The van der Waals surface area contributed by atoms with E-state index in [9.17, 15) is 0 Å². The van der Waals surface area contributed by atoms with Crippen molar-refractivity contribution in [3.63, 3.8) is 0 Å². The maximum atomic E-state index is 6.00. The third-order valence-corrected chi connectivity index (χ3v) is 4.63. The van der Waals surface area contributed by atoms with Gasteiger partial charge < -0.3 is 5.43 Å². The molecule has 1 aliphatic carbocycles. The lowest BCUT2D eigenvalue weighted by Gasteiger charge is -2.13. The number of halogens is 2. The molecule has 1 aromatic carbocycles. The largest absolute Gasteiger partial charge is 0.308 e. The van der Waals surface area contributed by atoms with Crippen molar-refractivity contribution in [2.75, 3.05) is 5.43 Å². The number of fused-ring (bicyclic) bond motifs is 1. The van der Waals surface area contributed by atoms with Crippen LogP contribution in [-0.4, -0.2) is 9.97 Å². The first-order valence-electron chi connectivity index (χ1n) is 7.01. The fourth-order valence-electron chi connectivity index (χ4n) is 2.68. The molecule has 1 aromatic heterocycles. The summed E-state index contributed by atoms with van der Waals surface area (Å²) in [6.07, 6.45) is 5.51. The molecular weight excluding hydrogens is 352 g/mol. The van der Waals surface area contributed by atoms with Crippen LogP contribution >= 0.6 is 27.5 Å². The molecule has 0 atom stereocenters. The Morgan fingerprint density at radius 1 is 1.14 bits per heavy atom. The van der Waals surface area contributed by atoms with Crippen molar-refractivity contribution in [3.05, 3.63) is 39.0 Å². The van der Waals surface area contributed by atoms with Gasteiger partial charge in [0.15, 0.2) is 5.82 Å². The van der Waals surface area contributed by atoms with Gasteiger partial charge >= 0.3 is 0 Å². The van der Waals surface area contributed by atoms with E-state index < -0.39 is 0 Å². The Morgan fingerprint density at radius 3 is 2.71 bits per heavy atom. The second-order valence-electron chi connectivity index (χ2n) is 5.15. The van der Waals surface area contributed by atoms with Gasteiger partial charge in [0.05, 0.1) is 0 Å². The normalized spacial score (nSPS) is 14.4. The minimum atomic E-state index is 0.673. The van der Waals surface area contributed by atoms with E-state index in [-0.39, 0.29) is 0 Å². The molecule has 1 aliphatic rings. The standard InChI is InChI=1S/C15H16BrClN4/c16-12-8-9(17)6-7-10(12)14-19-13-5-3-1-2-4-11(13)15(20-14)21-18/h6-8H,1-5,18H2,(H,19,20,21). The summed E-state index contributed by atoms with van der Waals surface area (Å²) in [6.45, 7) is 0. The monoisotopic (exact) mass is 366 g/mol. The highest BCUT2D eigenvalue weighted by molar-refractivity contribution is 9.10. The molecular formula is C15H16BrClN4. The average molecular weight is 368 g/mol. The molecule has 0 fully saturated rings. The fraction of sp³-hybridized carbons (Fsp3) is 0.333. The summed E-state index contributed by atoms with van der Waals surface area (Å²) in [4.78, 5) is 9.35. The van der Waals surface area contributed by atoms with Gasteiger partial charge in [0.25, 0.3) is 0 Å². The predicted octanol–water partition coefficient (Wildman–Crippen LogP) is 4.11. The molecule has 1 heterocycles. The van der Waals surface area contributed by atoms with Crippen molar-refractivity contribution in [2.45, 2.75) is 32.1 Å². The number of aromatic nitrogens is 2. The lowest BCUT2D eigenvalue weighted by atomic mass is 10.1. The number of aryl methyl sites for hydroxylation is 1. The number of nitrogens with zero attached hydrogens (tertiary/aromatic N) is 2. The molecule has 0 radical (unpaired) electrons. The molecule has 0 saturated heterocycles. The Balaban J connectivity index is 2.13. The molecule has 4 nitrogen and oxygen atoms in total. The van der Waals surface area contributed by atoms with Gasteiger partial charge in [-0.05, 0) is 59.8 Å². The number of nitrogens with two attached hydrogens (primary N) is 1. The highest BCUT2D eigenvalue weighted by Gasteiger charge is 2.18. The third-order valence-electron chi connectivity index (χ3n) is 3.74. The Bertz CT molecular complexity index is 675. The number of nitrogen functional groups attached to an aromatic ring is 1. The molecule has 6 heteroatoms. The molecule has 0 spiro atoms. The first kappa shape index (κ1) is 14.8. The summed E-state index contributed by atoms with van der Waals surface area (Å²) in [5, 5.41) is 0.678. The topological polar surface area (TPSA) is 63.8 Å². The average Bonchev–Trinajstić information content (AvgIpc) is 2.71. The molecule has 0 amide bonds. The van der Waals surface area contributed by atoms with Crippen LogP contribution in [0, 0.1) is 0 Å². The van der Waals surface area contributed by atoms with E-state index in [1.54, 1.807) is 0 Å². The Morgan fingerprint density at radius 2 is 1.95 bits per heavy atom. The molecule has 0 unspecified atom stereocenters. The van der Waals surface area contributed by atoms with E-state index in [1.807, 2.05) is 18.2 Å². The minimum absolute atomic E-state index is 0.673. The Labute approximate surface area is 137 Å². The van der Waals surface area contributed by atoms with E-state index in [4.69, 9.17) is 22.4 Å². The molecule has 21 heavy (non-hydrogen) atoms. The van der Waals surface area contributed by atoms with E-state index in [1.165, 1.54) is 6.42 Å². The first-order chi connectivity index (χ1) is 10.2. The maximum Gasteiger partial charge on any atom is 0.162 e. The molecule has 0 saturated carbocycles. The van der Waals surface area contributed by atoms with E-state index in [2.05, 4.69) is 26.3 Å². The number of benzene rings is 1. The van der Waals surface area contributed by atoms with Crippen molar-refractivity contribution in [1.82, 2.24) is 9.97 Å². The smallest absolute Gasteiger partial charge is 0.162 e. The van der Waals surface area contributed by atoms with Crippen molar-refractivity contribution >= 4 is 33.3 Å². The number of anilines is 1. The van der Waals surface area contributed by atoms with Crippen LogP contribution in [0.3, 0.4) is 0 Å². The molecule has 0 aliphatic heterocycles. The van der Waals surface area contributed by atoms with Crippen LogP contribution in [0.2, 0.25) is 5.02 Å². The van der Waals surface area contributed by atoms with Gasteiger partial charge in [-0.2, -0.15) is 0 Å². The van der Waals surface area contributed by atoms with Crippen LogP contribution in [0.5, 0.6) is 0 Å². The number of hydrazine groups is 1. The molecule has 3 rings (SSSR count). The summed E-state index contributed by atoms with van der Waals surface area (Å²) < 4.78 is 0.881. The van der Waals surface area contributed by atoms with Crippen LogP contribution in [0.25, 0.3) is 11.4 Å². The van der Waals surface area contributed by atoms with Crippen molar-refractivity contribution in [3.8, 4) is 11.4 Å². The van der Waals surface area contributed by atoms with E-state index in [0.29, 0.717) is 10.8 Å². The highest BCUT2D eigenvalue weighted by atomic mass is 79.9. The zero-order valence-corrected chi connectivity index (χ0v) is 13.8. The maximum absolute atomic E-state index is 6.00.